The Morgan fingerprint density at radius 1 is 0.864 bits per heavy atom. The van der Waals surface area contributed by atoms with Gasteiger partial charge in [0.05, 0.1) is 0 Å². The highest BCUT2D eigenvalue weighted by Crippen LogP contribution is 2.33. The molecule has 0 radical (unpaired) electrons. The zero-order valence-electron chi connectivity index (χ0n) is 13.5. The maximum absolute atomic E-state index is 4.59. The van der Waals surface area contributed by atoms with Crippen LogP contribution in [0, 0.1) is 12.8 Å². The SMILES string of the molecule is Cc1ccc(/C=C/c2cnc(C3CCC(C)CC3)nc2)cc1. The molecule has 0 amide bonds. The molecule has 1 heterocycles. The predicted molar refractivity (Wildman–Crippen MR) is 92.5 cm³/mol. The molecule has 0 bridgehead atoms. The summed E-state index contributed by atoms with van der Waals surface area (Å²) in [5, 5.41) is 0. The standard InChI is InChI=1S/C20H24N2/c1-15-3-7-17(8-4-15)9-10-18-13-21-20(22-14-18)19-11-5-16(2)6-12-19/h3-4,7-10,13-14,16,19H,5-6,11-12H2,1-2H3/b10-9+. The van der Waals surface area contributed by atoms with E-state index in [1.165, 1.54) is 36.8 Å². The van der Waals surface area contributed by atoms with Crippen LogP contribution < -0.4 is 0 Å². The van der Waals surface area contributed by atoms with Crippen molar-refractivity contribution >= 4 is 12.2 Å². The van der Waals surface area contributed by atoms with E-state index < -0.39 is 0 Å². The van der Waals surface area contributed by atoms with Crippen molar-refractivity contribution in [2.75, 3.05) is 0 Å². The van der Waals surface area contributed by atoms with Crippen LogP contribution in [-0.4, -0.2) is 9.97 Å². The summed E-state index contributed by atoms with van der Waals surface area (Å²) in [6.45, 7) is 4.45. The molecule has 0 saturated heterocycles. The first-order valence-corrected chi connectivity index (χ1v) is 8.27. The van der Waals surface area contributed by atoms with Gasteiger partial charge in [-0.25, -0.2) is 9.97 Å². The Morgan fingerprint density at radius 2 is 1.45 bits per heavy atom. The van der Waals surface area contributed by atoms with Gasteiger partial charge in [-0.05, 0) is 31.2 Å². The van der Waals surface area contributed by atoms with E-state index in [1.807, 2.05) is 12.4 Å². The third-order valence-corrected chi connectivity index (χ3v) is 4.62. The predicted octanol–water partition coefficient (Wildman–Crippen LogP) is 5.25. The summed E-state index contributed by atoms with van der Waals surface area (Å²) >= 11 is 0. The van der Waals surface area contributed by atoms with Crippen molar-refractivity contribution < 1.29 is 0 Å². The van der Waals surface area contributed by atoms with Crippen LogP contribution in [0.5, 0.6) is 0 Å². The molecule has 2 heteroatoms. The molecule has 22 heavy (non-hydrogen) atoms. The molecule has 0 unspecified atom stereocenters. The first-order chi connectivity index (χ1) is 10.7. The maximum atomic E-state index is 4.59. The summed E-state index contributed by atoms with van der Waals surface area (Å²) in [5.41, 5.74) is 3.55. The number of rotatable bonds is 3. The molecule has 1 fully saturated rings. The van der Waals surface area contributed by atoms with Crippen LogP contribution in [-0.2, 0) is 0 Å². The lowest BCUT2D eigenvalue weighted by Crippen LogP contribution is -2.13. The lowest BCUT2D eigenvalue weighted by molar-refractivity contribution is 0.339. The molecule has 0 N–H and O–H groups in total. The molecule has 0 aliphatic heterocycles. The normalized spacial score (nSPS) is 22.1. The largest absolute Gasteiger partial charge is 0.240 e. The van der Waals surface area contributed by atoms with Gasteiger partial charge in [-0.2, -0.15) is 0 Å². The van der Waals surface area contributed by atoms with Gasteiger partial charge in [0, 0.05) is 23.9 Å². The second kappa shape index (κ2) is 6.87. The molecule has 1 aliphatic carbocycles. The molecule has 0 spiro atoms. The van der Waals surface area contributed by atoms with Crippen molar-refractivity contribution in [3.8, 4) is 0 Å². The van der Waals surface area contributed by atoms with Crippen LogP contribution >= 0.6 is 0 Å². The first-order valence-electron chi connectivity index (χ1n) is 8.27. The molecule has 1 aromatic carbocycles. The van der Waals surface area contributed by atoms with Gasteiger partial charge in [0.25, 0.3) is 0 Å². The summed E-state index contributed by atoms with van der Waals surface area (Å²) in [6, 6.07) is 8.52. The van der Waals surface area contributed by atoms with Gasteiger partial charge in [0.1, 0.15) is 5.82 Å². The van der Waals surface area contributed by atoms with Crippen LogP contribution in [0.25, 0.3) is 12.2 Å². The van der Waals surface area contributed by atoms with Crippen LogP contribution in [0.1, 0.15) is 61.0 Å². The summed E-state index contributed by atoms with van der Waals surface area (Å²) < 4.78 is 0. The molecular formula is C20H24N2. The highest BCUT2D eigenvalue weighted by Gasteiger charge is 2.21. The van der Waals surface area contributed by atoms with E-state index in [9.17, 15) is 0 Å². The topological polar surface area (TPSA) is 25.8 Å². The highest BCUT2D eigenvalue weighted by molar-refractivity contribution is 5.68. The Balaban J connectivity index is 1.65. The number of benzene rings is 1. The molecule has 3 rings (SSSR count). The zero-order chi connectivity index (χ0) is 15.4. The van der Waals surface area contributed by atoms with Crippen LogP contribution in [0.15, 0.2) is 36.7 Å². The van der Waals surface area contributed by atoms with Crippen molar-refractivity contribution in [1.82, 2.24) is 9.97 Å². The van der Waals surface area contributed by atoms with E-state index in [0.29, 0.717) is 5.92 Å². The monoisotopic (exact) mass is 292 g/mol. The highest BCUT2D eigenvalue weighted by atomic mass is 14.9. The zero-order valence-corrected chi connectivity index (χ0v) is 13.5. The van der Waals surface area contributed by atoms with Gasteiger partial charge < -0.3 is 0 Å². The van der Waals surface area contributed by atoms with Crippen molar-refractivity contribution in [2.45, 2.75) is 45.4 Å². The maximum Gasteiger partial charge on any atom is 0.131 e. The quantitative estimate of drug-likeness (QED) is 0.772. The average molecular weight is 292 g/mol. The number of nitrogens with zero attached hydrogens (tertiary/aromatic N) is 2. The molecule has 2 nitrogen and oxygen atoms in total. The molecule has 2 aromatic rings. The number of aromatic nitrogens is 2. The lowest BCUT2D eigenvalue weighted by atomic mass is 9.82. The van der Waals surface area contributed by atoms with Gasteiger partial charge in [0.2, 0.25) is 0 Å². The second-order valence-corrected chi connectivity index (χ2v) is 6.58. The van der Waals surface area contributed by atoms with Crippen LogP contribution in [0.4, 0.5) is 0 Å². The fourth-order valence-corrected chi connectivity index (χ4v) is 3.03. The van der Waals surface area contributed by atoms with Crippen molar-refractivity contribution in [3.05, 3.63) is 59.2 Å². The average Bonchev–Trinajstić information content (AvgIpc) is 2.56. The van der Waals surface area contributed by atoms with E-state index in [1.54, 1.807) is 0 Å². The molecule has 0 atom stereocenters. The number of aryl methyl sites for hydroxylation is 1. The van der Waals surface area contributed by atoms with Gasteiger partial charge >= 0.3 is 0 Å². The Bertz CT molecular complexity index is 618. The van der Waals surface area contributed by atoms with Gasteiger partial charge in [-0.3, -0.25) is 0 Å². The Kier molecular flexibility index (Phi) is 4.67. The number of hydrogen-bond acceptors (Lipinski definition) is 2. The van der Waals surface area contributed by atoms with Gasteiger partial charge in [0.15, 0.2) is 0 Å². The smallest absolute Gasteiger partial charge is 0.131 e. The summed E-state index contributed by atoms with van der Waals surface area (Å²) in [4.78, 5) is 9.18. The molecular weight excluding hydrogens is 268 g/mol. The summed E-state index contributed by atoms with van der Waals surface area (Å²) in [5.74, 6) is 2.46. The van der Waals surface area contributed by atoms with Crippen molar-refractivity contribution in [3.63, 3.8) is 0 Å². The van der Waals surface area contributed by atoms with Crippen LogP contribution in [0.2, 0.25) is 0 Å². The van der Waals surface area contributed by atoms with Crippen molar-refractivity contribution in [2.24, 2.45) is 5.92 Å². The second-order valence-electron chi connectivity index (χ2n) is 6.58. The fraction of sp³-hybridized carbons (Fsp3) is 0.400. The lowest BCUT2D eigenvalue weighted by Gasteiger charge is -2.24. The minimum atomic E-state index is 0.561. The minimum Gasteiger partial charge on any atom is -0.240 e. The van der Waals surface area contributed by atoms with Crippen molar-refractivity contribution in [1.29, 1.82) is 0 Å². The summed E-state index contributed by atoms with van der Waals surface area (Å²) in [6.07, 6.45) is 13.2. The third-order valence-electron chi connectivity index (χ3n) is 4.62. The van der Waals surface area contributed by atoms with Crippen LogP contribution in [0.3, 0.4) is 0 Å². The van der Waals surface area contributed by atoms with E-state index in [4.69, 9.17) is 0 Å². The van der Waals surface area contributed by atoms with E-state index in [0.717, 1.165) is 17.3 Å². The Labute approximate surface area is 133 Å². The first kappa shape index (κ1) is 15.0. The molecule has 114 valence electrons. The third kappa shape index (κ3) is 3.82. The van der Waals surface area contributed by atoms with Gasteiger partial charge in [-0.15, -0.1) is 0 Å². The molecule has 1 aliphatic rings. The minimum absolute atomic E-state index is 0.561. The van der Waals surface area contributed by atoms with E-state index >= 15 is 0 Å². The van der Waals surface area contributed by atoms with E-state index in [-0.39, 0.29) is 0 Å². The Morgan fingerprint density at radius 3 is 2.09 bits per heavy atom. The number of hydrogen-bond donors (Lipinski definition) is 0. The van der Waals surface area contributed by atoms with E-state index in [2.05, 4.69) is 60.2 Å². The van der Waals surface area contributed by atoms with Gasteiger partial charge in [-0.1, -0.05) is 61.7 Å². The fourth-order valence-electron chi connectivity index (χ4n) is 3.03. The molecule has 1 aromatic heterocycles. The summed E-state index contributed by atoms with van der Waals surface area (Å²) in [7, 11) is 0. The molecule has 1 saturated carbocycles. The Hall–Kier alpha value is -1.96.